The first-order valence-corrected chi connectivity index (χ1v) is 11.9. The molecule has 0 radical (unpaired) electrons. The van der Waals surface area contributed by atoms with Gasteiger partial charge in [0.25, 0.3) is 5.91 Å². The van der Waals surface area contributed by atoms with Gasteiger partial charge in [-0.1, -0.05) is 13.0 Å². The van der Waals surface area contributed by atoms with Crippen molar-refractivity contribution >= 4 is 28.5 Å². The third-order valence-electron chi connectivity index (χ3n) is 6.17. The van der Waals surface area contributed by atoms with Crippen molar-refractivity contribution < 1.29 is 14.3 Å². The smallest absolute Gasteiger partial charge is 0.322 e. The average Bonchev–Trinajstić information content (AvgIpc) is 3.20. The molecule has 0 atom stereocenters. The van der Waals surface area contributed by atoms with Crippen molar-refractivity contribution in [3.8, 4) is 6.07 Å². The zero-order chi connectivity index (χ0) is 24.8. The Morgan fingerprint density at radius 1 is 1.23 bits per heavy atom. The van der Waals surface area contributed by atoms with Crippen LogP contribution >= 0.6 is 0 Å². The number of ether oxygens (including phenoxy) is 1. The fraction of sp³-hybridized carbons (Fsp3) is 0.385. The molecule has 0 unspecified atom stereocenters. The van der Waals surface area contributed by atoms with Gasteiger partial charge in [-0.25, -0.2) is 4.79 Å². The van der Waals surface area contributed by atoms with Crippen molar-refractivity contribution in [3.63, 3.8) is 0 Å². The van der Waals surface area contributed by atoms with Crippen molar-refractivity contribution in [1.29, 1.82) is 5.26 Å². The minimum Gasteiger partial charge on any atom is -0.381 e. The maximum atomic E-state index is 13.1. The largest absolute Gasteiger partial charge is 0.381 e. The highest BCUT2D eigenvalue weighted by atomic mass is 16.5. The van der Waals surface area contributed by atoms with Gasteiger partial charge >= 0.3 is 6.03 Å². The number of aromatic nitrogens is 2. The average molecular weight is 475 g/mol. The van der Waals surface area contributed by atoms with Gasteiger partial charge in [-0.15, -0.1) is 0 Å². The Labute approximate surface area is 204 Å². The Kier molecular flexibility index (Phi) is 7.63. The zero-order valence-electron chi connectivity index (χ0n) is 20.1. The lowest BCUT2D eigenvalue weighted by atomic mass is 10.1. The van der Waals surface area contributed by atoms with E-state index in [2.05, 4.69) is 28.6 Å². The summed E-state index contributed by atoms with van der Waals surface area (Å²) in [6.45, 7) is 4.60. The summed E-state index contributed by atoms with van der Waals surface area (Å²) in [5.41, 5.74) is 3.80. The van der Waals surface area contributed by atoms with Gasteiger partial charge in [0.15, 0.2) is 0 Å². The minimum absolute atomic E-state index is 0.241. The van der Waals surface area contributed by atoms with Crippen LogP contribution in [-0.2, 0) is 24.2 Å². The molecule has 9 nitrogen and oxygen atoms in total. The molecule has 0 saturated heterocycles. The molecule has 0 saturated carbocycles. The van der Waals surface area contributed by atoms with Crippen LogP contribution in [0.1, 0.15) is 47.1 Å². The maximum absolute atomic E-state index is 13.1. The van der Waals surface area contributed by atoms with Crippen LogP contribution in [0, 0.1) is 11.3 Å². The van der Waals surface area contributed by atoms with Gasteiger partial charge in [-0.3, -0.25) is 9.78 Å². The maximum Gasteiger partial charge on any atom is 0.322 e. The second-order valence-electron chi connectivity index (χ2n) is 8.46. The fourth-order valence-electron chi connectivity index (χ4n) is 4.50. The van der Waals surface area contributed by atoms with Crippen LogP contribution in [0.3, 0.4) is 0 Å². The van der Waals surface area contributed by atoms with Crippen LogP contribution < -0.4 is 10.6 Å². The molecule has 182 valence electrons. The Hall–Kier alpha value is -3.90. The molecule has 0 spiro atoms. The van der Waals surface area contributed by atoms with E-state index >= 15 is 0 Å². The number of nitrogens with one attached hydrogen (secondary N) is 2. The second-order valence-corrected chi connectivity index (χ2v) is 8.46. The third-order valence-corrected chi connectivity index (χ3v) is 6.17. The van der Waals surface area contributed by atoms with Gasteiger partial charge in [0.2, 0.25) is 0 Å². The number of carbonyl (C=O) groups is 2. The first-order valence-electron chi connectivity index (χ1n) is 11.9. The second kappa shape index (κ2) is 11.0. The molecule has 1 aliphatic heterocycles. The summed E-state index contributed by atoms with van der Waals surface area (Å²) in [5, 5.41) is 16.5. The first-order chi connectivity index (χ1) is 17.1. The molecular formula is C26H30N6O3. The van der Waals surface area contributed by atoms with E-state index in [1.54, 1.807) is 18.1 Å². The number of carbonyl (C=O) groups excluding carboxylic acids is 2. The summed E-state index contributed by atoms with van der Waals surface area (Å²) in [6.07, 6.45) is 4.08. The standard InChI is InChI=1S/C26H30N6O3/c1-3-13-35-14-5-7-22-20(16-27)24(25(33)28-2)23-17-31(11-12-32(22)23)26(34)30-19-8-9-21-18(15-19)6-4-10-29-21/h4,6,8-10,15H,3,5,7,11-14,17H2,1-2H3,(H,28,33)(H,30,34). The summed E-state index contributed by atoms with van der Waals surface area (Å²) in [4.78, 5) is 31.8. The quantitative estimate of drug-likeness (QED) is 0.484. The molecule has 1 aliphatic rings. The number of fused-ring (bicyclic) bond motifs is 2. The monoisotopic (exact) mass is 474 g/mol. The van der Waals surface area contributed by atoms with E-state index in [-0.39, 0.29) is 18.5 Å². The SMILES string of the molecule is CCCOCCCc1c(C#N)c(C(=O)NC)c2n1CCN(C(=O)Nc1ccc3ncccc3c1)C2. The van der Waals surface area contributed by atoms with Gasteiger partial charge in [0.1, 0.15) is 6.07 Å². The Morgan fingerprint density at radius 3 is 2.86 bits per heavy atom. The van der Waals surface area contributed by atoms with Crippen molar-refractivity contribution in [2.24, 2.45) is 0 Å². The van der Waals surface area contributed by atoms with Crippen LogP contribution in [0.4, 0.5) is 10.5 Å². The molecular weight excluding hydrogens is 444 g/mol. The van der Waals surface area contributed by atoms with E-state index in [0.717, 1.165) is 29.4 Å². The van der Waals surface area contributed by atoms with Crippen molar-refractivity contribution in [2.75, 3.05) is 32.1 Å². The van der Waals surface area contributed by atoms with Gasteiger partial charge in [0.05, 0.1) is 28.9 Å². The number of hydrogen-bond donors (Lipinski definition) is 2. The molecule has 3 amide bonds. The summed E-state index contributed by atoms with van der Waals surface area (Å²) in [5.74, 6) is -0.317. The summed E-state index contributed by atoms with van der Waals surface area (Å²) in [6, 6.07) is 11.4. The predicted octanol–water partition coefficient (Wildman–Crippen LogP) is 3.67. The van der Waals surface area contributed by atoms with E-state index < -0.39 is 0 Å². The molecule has 9 heteroatoms. The van der Waals surface area contributed by atoms with Crippen LogP contribution in [0.2, 0.25) is 0 Å². The summed E-state index contributed by atoms with van der Waals surface area (Å²) in [7, 11) is 1.55. The zero-order valence-corrected chi connectivity index (χ0v) is 20.1. The number of urea groups is 1. The number of pyridine rings is 1. The van der Waals surface area contributed by atoms with Gasteiger partial charge in [-0.05, 0) is 43.5 Å². The van der Waals surface area contributed by atoms with Crippen LogP contribution in [-0.4, -0.2) is 53.2 Å². The Balaban J connectivity index is 1.55. The highest BCUT2D eigenvalue weighted by Gasteiger charge is 2.32. The van der Waals surface area contributed by atoms with Crippen molar-refractivity contribution in [3.05, 3.63) is 59.0 Å². The van der Waals surface area contributed by atoms with E-state index in [1.165, 1.54) is 0 Å². The third kappa shape index (κ3) is 5.12. The van der Waals surface area contributed by atoms with E-state index in [4.69, 9.17) is 4.74 Å². The lowest BCUT2D eigenvalue weighted by Crippen LogP contribution is -2.41. The number of anilines is 1. The molecule has 1 aromatic carbocycles. The highest BCUT2D eigenvalue weighted by Crippen LogP contribution is 2.29. The first kappa shape index (κ1) is 24.2. The molecule has 4 rings (SSSR count). The molecule has 35 heavy (non-hydrogen) atoms. The van der Waals surface area contributed by atoms with E-state index in [0.29, 0.717) is 55.2 Å². The van der Waals surface area contributed by atoms with Gasteiger partial charge < -0.3 is 24.8 Å². The van der Waals surface area contributed by atoms with Crippen molar-refractivity contribution in [2.45, 2.75) is 39.3 Å². The lowest BCUT2D eigenvalue weighted by Gasteiger charge is -2.30. The molecule has 0 bridgehead atoms. The molecule has 3 aromatic rings. The molecule has 0 fully saturated rings. The molecule has 2 N–H and O–H groups in total. The Morgan fingerprint density at radius 2 is 2.09 bits per heavy atom. The number of hydrogen-bond acceptors (Lipinski definition) is 5. The summed E-state index contributed by atoms with van der Waals surface area (Å²) >= 11 is 0. The molecule has 0 aliphatic carbocycles. The van der Waals surface area contributed by atoms with Crippen molar-refractivity contribution in [1.82, 2.24) is 19.8 Å². The highest BCUT2D eigenvalue weighted by molar-refractivity contribution is 5.99. The number of nitrogens with zero attached hydrogens (tertiary/aromatic N) is 4. The molecule has 3 heterocycles. The van der Waals surface area contributed by atoms with E-state index in [9.17, 15) is 14.9 Å². The number of benzene rings is 1. The topological polar surface area (TPSA) is 112 Å². The Bertz CT molecular complexity index is 1280. The van der Waals surface area contributed by atoms with Gasteiger partial charge in [0, 0.05) is 56.3 Å². The normalized spacial score (nSPS) is 12.8. The molecule has 2 aromatic heterocycles. The lowest BCUT2D eigenvalue weighted by molar-refractivity contribution is 0.0959. The summed E-state index contributed by atoms with van der Waals surface area (Å²) < 4.78 is 7.63. The fourth-order valence-corrected chi connectivity index (χ4v) is 4.50. The minimum atomic E-state index is -0.317. The predicted molar refractivity (Wildman–Crippen MR) is 133 cm³/mol. The van der Waals surface area contributed by atoms with Crippen LogP contribution in [0.25, 0.3) is 10.9 Å². The van der Waals surface area contributed by atoms with E-state index in [1.807, 2.05) is 34.9 Å². The number of rotatable bonds is 8. The number of nitriles is 1. The van der Waals surface area contributed by atoms with Crippen LogP contribution in [0.5, 0.6) is 0 Å². The van der Waals surface area contributed by atoms with Crippen LogP contribution in [0.15, 0.2) is 36.5 Å². The number of amides is 3. The van der Waals surface area contributed by atoms with Gasteiger partial charge in [-0.2, -0.15) is 5.26 Å².